The molecule has 27 heavy (non-hydrogen) atoms. The molecule has 3 aromatic rings. The minimum atomic E-state index is -0.338. The van der Waals surface area contributed by atoms with E-state index in [-0.39, 0.29) is 23.8 Å². The molecule has 0 unspecified atom stereocenters. The van der Waals surface area contributed by atoms with Crippen LogP contribution in [0.25, 0.3) is 0 Å². The highest BCUT2D eigenvalue weighted by Gasteiger charge is 2.27. The predicted octanol–water partition coefficient (Wildman–Crippen LogP) is 5.41. The van der Waals surface area contributed by atoms with Gasteiger partial charge in [-0.25, -0.2) is 4.39 Å². The summed E-state index contributed by atoms with van der Waals surface area (Å²) in [5.41, 5.74) is 3.57. The van der Waals surface area contributed by atoms with Crippen molar-refractivity contribution in [2.75, 3.05) is 0 Å². The van der Waals surface area contributed by atoms with Crippen LogP contribution in [0.15, 0.2) is 77.8 Å². The van der Waals surface area contributed by atoms with Crippen LogP contribution in [0.4, 0.5) is 4.39 Å². The molecule has 1 heterocycles. The van der Waals surface area contributed by atoms with E-state index in [4.69, 9.17) is 16.6 Å². The number of aliphatic imine (C=N–C) groups is 1. The molecule has 0 aliphatic carbocycles. The van der Waals surface area contributed by atoms with Crippen LogP contribution in [-0.4, -0.2) is 10.8 Å². The molecular weight excluding hydrogens is 363 g/mol. The second-order valence-electron chi connectivity index (χ2n) is 6.52. The summed E-state index contributed by atoms with van der Waals surface area (Å²) in [7, 11) is 0. The van der Waals surface area contributed by atoms with Crippen molar-refractivity contribution in [3.63, 3.8) is 0 Å². The summed E-state index contributed by atoms with van der Waals surface area (Å²) in [6.45, 7) is 0. The van der Waals surface area contributed by atoms with Crippen molar-refractivity contribution in [2.45, 2.75) is 18.6 Å². The standard InChI is InChI=1S/C22H18ClFN2O/c23-16-9-5-14(6-10-16)19-13-20(18-3-1-2-4-21(18)27)26-22(25-19)15-7-11-17(24)12-8-15/h1-12,20,22,26-27H,13H2/t20-,22+/m1/s1. The monoisotopic (exact) mass is 380 g/mol. The minimum absolute atomic E-state index is 0.121. The molecule has 0 radical (unpaired) electrons. The fourth-order valence-electron chi connectivity index (χ4n) is 3.32. The van der Waals surface area contributed by atoms with Gasteiger partial charge in [-0.1, -0.05) is 54.1 Å². The first-order chi connectivity index (χ1) is 13.1. The highest BCUT2D eigenvalue weighted by Crippen LogP contribution is 2.34. The summed E-state index contributed by atoms with van der Waals surface area (Å²) in [6.07, 6.45) is 0.284. The van der Waals surface area contributed by atoms with Gasteiger partial charge < -0.3 is 5.11 Å². The maximum atomic E-state index is 13.3. The van der Waals surface area contributed by atoms with Crippen molar-refractivity contribution in [3.05, 3.63) is 100 Å². The van der Waals surface area contributed by atoms with E-state index in [0.29, 0.717) is 11.4 Å². The Morgan fingerprint density at radius 3 is 2.37 bits per heavy atom. The molecule has 3 nitrogen and oxygen atoms in total. The summed E-state index contributed by atoms with van der Waals surface area (Å²) < 4.78 is 13.3. The number of phenols is 1. The number of benzene rings is 3. The lowest BCUT2D eigenvalue weighted by Crippen LogP contribution is -2.33. The van der Waals surface area contributed by atoms with E-state index in [1.54, 1.807) is 24.3 Å². The summed E-state index contributed by atoms with van der Waals surface area (Å²) in [4.78, 5) is 4.85. The van der Waals surface area contributed by atoms with E-state index >= 15 is 0 Å². The Morgan fingerprint density at radius 2 is 1.67 bits per heavy atom. The van der Waals surface area contributed by atoms with Gasteiger partial charge in [-0.2, -0.15) is 0 Å². The Bertz CT molecular complexity index is 970. The molecule has 1 aliphatic rings. The summed E-state index contributed by atoms with van der Waals surface area (Å²) >= 11 is 6.01. The van der Waals surface area contributed by atoms with Crippen molar-refractivity contribution in [3.8, 4) is 5.75 Å². The van der Waals surface area contributed by atoms with Crippen molar-refractivity contribution in [2.24, 2.45) is 4.99 Å². The number of para-hydroxylation sites is 1. The fraction of sp³-hybridized carbons (Fsp3) is 0.136. The molecule has 2 N–H and O–H groups in total. The van der Waals surface area contributed by atoms with Crippen molar-refractivity contribution in [1.29, 1.82) is 0 Å². The van der Waals surface area contributed by atoms with E-state index in [1.165, 1.54) is 12.1 Å². The highest BCUT2D eigenvalue weighted by molar-refractivity contribution is 6.30. The Hall–Kier alpha value is -2.69. The molecule has 5 heteroatoms. The smallest absolute Gasteiger partial charge is 0.126 e. The van der Waals surface area contributed by atoms with Crippen LogP contribution in [0.5, 0.6) is 5.75 Å². The summed E-state index contributed by atoms with van der Waals surface area (Å²) in [6, 6.07) is 21.0. The lowest BCUT2D eigenvalue weighted by molar-refractivity contribution is 0.412. The van der Waals surface area contributed by atoms with Crippen LogP contribution >= 0.6 is 11.6 Å². The van der Waals surface area contributed by atoms with Crippen molar-refractivity contribution >= 4 is 17.3 Å². The van der Waals surface area contributed by atoms with Crippen LogP contribution in [0, 0.1) is 5.82 Å². The average Bonchev–Trinajstić information content (AvgIpc) is 2.69. The molecule has 0 spiro atoms. The third kappa shape index (κ3) is 3.87. The molecule has 4 rings (SSSR count). The molecule has 0 bridgehead atoms. The Kier molecular flexibility index (Phi) is 4.92. The number of nitrogens with zero attached hydrogens (tertiary/aromatic N) is 1. The van der Waals surface area contributed by atoms with Gasteiger partial charge in [-0.3, -0.25) is 10.3 Å². The van der Waals surface area contributed by atoms with Gasteiger partial charge in [0.25, 0.3) is 0 Å². The maximum Gasteiger partial charge on any atom is 0.126 e. The molecule has 1 aliphatic heterocycles. The van der Waals surface area contributed by atoms with Crippen molar-refractivity contribution in [1.82, 2.24) is 5.32 Å². The summed E-state index contributed by atoms with van der Waals surface area (Å²) in [5, 5.41) is 14.4. The van der Waals surface area contributed by atoms with E-state index in [2.05, 4.69) is 5.32 Å². The molecular formula is C22H18ClFN2O. The Labute approximate surface area is 162 Å². The third-order valence-electron chi connectivity index (χ3n) is 4.72. The fourth-order valence-corrected chi connectivity index (χ4v) is 3.45. The largest absolute Gasteiger partial charge is 0.508 e. The maximum absolute atomic E-state index is 13.3. The molecule has 136 valence electrons. The predicted molar refractivity (Wildman–Crippen MR) is 106 cm³/mol. The van der Waals surface area contributed by atoms with Crippen LogP contribution in [0.2, 0.25) is 5.02 Å². The summed E-state index contributed by atoms with van der Waals surface area (Å²) in [5.74, 6) is -0.0427. The highest BCUT2D eigenvalue weighted by atomic mass is 35.5. The zero-order chi connectivity index (χ0) is 18.8. The van der Waals surface area contributed by atoms with Gasteiger partial charge in [0.05, 0.1) is 0 Å². The first-order valence-electron chi connectivity index (χ1n) is 8.72. The average molecular weight is 381 g/mol. The zero-order valence-electron chi connectivity index (χ0n) is 14.4. The molecule has 0 saturated heterocycles. The lowest BCUT2D eigenvalue weighted by atomic mass is 9.93. The number of hydrogen-bond acceptors (Lipinski definition) is 3. The number of nitrogens with one attached hydrogen (secondary N) is 1. The molecule has 0 amide bonds. The van der Waals surface area contributed by atoms with Gasteiger partial charge in [0.1, 0.15) is 17.7 Å². The number of hydrogen-bond donors (Lipinski definition) is 2. The van der Waals surface area contributed by atoms with E-state index in [9.17, 15) is 9.50 Å². The van der Waals surface area contributed by atoms with E-state index < -0.39 is 0 Å². The second kappa shape index (κ2) is 7.51. The van der Waals surface area contributed by atoms with Gasteiger partial charge in [-0.15, -0.1) is 0 Å². The Morgan fingerprint density at radius 1 is 0.963 bits per heavy atom. The number of phenolic OH excluding ortho intramolecular Hbond substituents is 1. The normalized spacial score (nSPS) is 19.6. The molecule has 0 saturated carbocycles. The van der Waals surface area contributed by atoms with Gasteiger partial charge in [-0.05, 0) is 41.5 Å². The van der Waals surface area contributed by atoms with Gasteiger partial charge >= 0.3 is 0 Å². The SMILES string of the molecule is Oc1ccccc1[C@H]1CC(c2ccc(Cl)cc2)=N[C@H](c2ccc(F)cc2)N1. The van der Waals surface area contributed by atoms with Crippen molar-refractivity contribution < 1.29 is 9.50 Å². The van der Waals surface area contributed by atoms with Crippen LogP contribution < -0.4 is 5.32 Å². The molecule has 0 aromatic heterocycles. The number of halogens is 2. The minimum Gasteiger partial charge on any atom is -0.508 e. The third-order valence-corrected chi connectivity index (χ3v) is 4.97. The quantitative estimate of drug-likeness (QED) is 0.638. The molecule has 3 aromatic carbocycles. The van der Waals surface area contributed by atoms with Crippen LogP contribution in [-0.2, 0) is 0 Å². The molecule has 0 fully saturated rings. The van der Waals surface area contributed by atoms with Crippen LogP contribution in [0.3, 0.4) is 0 Å². The number of aromatic hydroxyl groups is 1. The van der Waals surface area contributed by atoms with Gasteiger partial charge in [0.15, 0.2) is 0 Å². The topological polar surface area (TPSA) is 44.6 Å². The van der Waals surface area contributed by atoms with E-state index in [0.717, 1.165) is 22.4 Å². The Balaban J connectivity index is 1.75. The number of rotatable bonds is 3. The molecule has 2 atom stereocenters. The first kappa shape index (κ1) is 17.7. The van der Waals surface area contributed by atoms with Crippen LogP contribution in [0.1, 0.15) is 35.3 Å². The van der Waals surface area contributed by atoms with E-state index in [1.807, 2.05) is 36.4 Å². The lowest BCUT2D eigenvalue weighted by Gasteiger charge is -2.31. The first-order valence-corrected chi connectivity index (χ1v) is 9.10. The zero-order valence-corrected chi connectivity index (χ0v) is 15.2. The second-order valence-corrected chi connectivity index (χ2v) is 6.96. The van der Waals surface area contributed by atoms with Gasteiger partial charge in [0.2, 0.25) is 0 Å². The van der Waals surface area contributed by atoms with Gasteiger partial charge in [0, 0.05) is 28.8 Å².